The predicted octanol–water partition coefficient (Wildman–Crippen LogP) is 9.67. The fraction of sp³-hybridized carbons (Fsp3) is 0.154. The van der Waals surface area contributed by atoms with Gasteiger partial charge in [-0.3, -0.25) is 0 Å². The molecule has 0 aromatic heterocycles. The van der Waals surface area contributed by atoms with Gasteiger partial charge in [-0.1, -0.05) is 0 Å². The van der Waals surface area contributed by atoms with Crippen LogP contribution in [0.3, 0.4) is 0 Å². The summed E-state index contributed by atoms with van der Waals surface area (Å²) in [5.74, 6) is -2.14. The topological polar surface area (TPSA) is 40.5 Å². The average Bonchev–Trinajstić information content (AvgIpc) is 3.55. The molecule has 4 rings (SSSR count). The largest absolute Gasteiger partial charge is 2.00 e. The number of rotatable bonds is 0. The Morgan fingerprint density at radius 3 is 0.707 bits per heavy atom. The third-order valence-corrected chi connectivity index (χ3v) is 4.26. The fourth-order valence-electron chi connectivity index (χ4n) is 2.52. The fourth-order valence-corrected chi connectivity index (χ4v) is 2.52. The van der Waals surface area contributed by atoms with Crippen molar-refractivity contribution in [2.24, 2.45) is 0 Å². The van der Waals surface area contributed by atoms with Crippen molar-refractivity contribution in [3.8, 4) is 11.5 Å². The molecule has 0 bridgehead atoms. The molecule has 0 radical (unpaired) electrons. The van der Waals surface area contributed by atoms with Crippen LogP contribution in [0, 0.1) is 0 Å². The Hall–Kier alpha value is -3.22. The molecular weight excluding hydrogens is 663 g/mol. The van der Waals surface area contributed by atoms with Gasteiger partial charge in [0.2, 0.25) is 0 Å². The minimum Gasteiger partial charge on any atom is -0.508 e. The van der Waals surface area contributed by atoms with E-state index in [9.17, 15) is 52.7 Å². The zero-order valence-corrected chi connectivity index (χ0v) is 22.6. The number of hydrogen-bond donors (Lipinski definition) is 2. The van der Waals surface area contributed by atoms with Gasteiger partial charge in [0.1, 0.15) is 11.5 Å². The minimum absolute atomic E-state index is 0. The maximum Gasteiger partial charge on any atom is 2.00 e. The van der Waals surface area contributed by atoms with Crippen molar-refractivity contribution < 1.29 is 89.1 Å². The first-order valence-electron chi connectivity index (χ1n) is 10.5. The second-order valence-corrected chi connectivity index (χ2v) is 7.45. The van der Waals surface area contributed by atoms with Crippen molar-refractivity contribution in [2.45, 2.75) is 24.7 Å². The van der Waals surface area contributed by atoms with E-state index < -0.39 is 58.5 Å². The smallest absolute Gasteiger partial charge is 0.508 e. The maximum atomic E-state index is 12.1. The van der Waals surface area contributed by atoms with Gasteiger partial charge in [0, 0.05) is 0 Å². The zero-order chi connectivity index (χ0) is 30.8. The molecule has 41 heavy (non-hydrogen) atoms. The van der Waals surface area contributed by atoms with E-state index in [-0.39, 0.29) is 62.6 Å². The molecule has 4 aromatic rings. The van der Waals surface area contributed by atoms with Crippen LogP contribution in [0.5, 0.6) is 11.5 Å². The van der Waals surface area contributed by atoms with E-state index in [2.05, 4.69) is 0 Å². The first kappa shape index (κ1) is 37.8. The molecule has 0 aliphatic carbocycles. The molecule has 0 atom stereocenters. The van der Waals surface area contributed by atoms with Crippen molar-refractivity contribution in [3.05, 3.63) is 119 Å². The number of benzene rings is 2. The average molecular weight is 682 g/mol. The normalized spacial score (nSPS) is 11.4. The Kier molecular flexibility index (Phi) is 14.5. The number of alkyl halides is 12. The zero-order valence-electron chi connectivity index (χ0n) is 20.2. The first-order chi connectivity index (χ1) is 18.2. The van der Waals surface area contributed by atoms with E-state index in [4.69, 9.17) is 10.2 Å². The van der Waals surface area contributed by atoms with Gasteiger partial charge in [0.05, 0.1) is 22.3 Å². The van der Waals surface area contributed by atoms with Crippen molar-refractivity contribution in [2.75, 3.05) is 0 Å². The summed E-state index contributed by atoms with van der Waals surface area (Å²) in [5.41, 5.74) is -6.13. The van der Waals surface area contributed by atoms with Crippen LogP contribution in [0.15, 0.2) is 97.1 Å². The van der Waals surface area contributed by atoms with Crippen LogP contribution < -0.4 is 0 Å². The molecule has 2 N–H and O–H groups in total. The van der Waals surface area contributed by atoms with Gasteiger partial charge in [0.15, 0.2) is 0 Å². The summed E-state index contributed by atoms with van der Waals surface area (Å²) in [4.78, 5) is 0. The van der Waals surface area contributed by atoms with Gasteiger partial charge in [-0.15, -0.1) is 0 Å². The van der Waals surface area contributed by atoms with E-state index in [1.54, 1.807) is 0 Å². The van der Waals surface area contributed by atoms with Crippen molar-refractivity contribution in [1.29, 1.82) is 0 Å². The molecular formula is C26H18F12O2Zr. The summed E-state index contributed by atoms with van der Waals surface area (Å²) in [7, 11) is 0. The van der Waals surface area contributed by atoms with Crippen LogP contribution in [0.1, 0.15) is 22.3 Å². The Labute approximate surface area is 244 Å². The third-order valence-electron chi connectivity index (χ3n) is 4.26. The minimum atomic E-state index is -4.92. The van der Waals surface area contributed by atoms with Gasteiger partial charge in [-0.25, -0.2) is 24.3 Å². The van der Waals surface area contributed by atoms with Gasteiger partial charge in [-0.05, 0) is 36.4 Å². The standard InChI is InChI=1S/2C8H4F6O.2C5H5.Zr/c2*9-7(10,11)4-1-5(8(12,13)14)3-6(15)2-4;2*1-2-4-5-3-1;/h2*1-3,15H;2*1-5H;/q;;2*-1;+2. The van der Waals surface area contributed by atoms with Crippen LogP contribution in [-0.4, -0.2) is 10.2 Å². The molecule has 222 valence electrons. The first-order valence-corrected chi connectivity index (χ1v) is 10.5. The van der Waals surface area contributed by atoms with Crippen LogP contribution in [-0.2, 0) is 50.9 Å². The molecule has 0 aliphatic rings. The summed E-state index contributed by atoms with van der Waals surface area (Å²) < 4.78 is 145. The van der Waals surface area contributed by atoms with Gasteiger partial charge < -0.3 is 10.2 Å². The molecule has 0 spiro atoms. The molecule has 0 saturated heterocycles. The SMILES string of the molecule is Oc1cc(C(F)(F)F)cc(C(F)(F)F)c1.Oc1cc(C(F)(F)F)cc(C(F)(F)F)c1.[Zr+2].c1cc[cH-]c1.c1cc[cH-]c1. The number of phenolic OH excluding ortho intramolecular Hbond substituents is 2. The molecule has 0 unspecified atom stereocenters. The molecule has 2 nitrogen and oxygen atoms in total. The summed E-state index contributed by atoms with van der Waals surface area (Å²) >= 11 is 0. The molecule has 0 fully saturated rings. The Morgan fingerprint density at radius 1 is 0.390 bits per heavy atom. The Balaban J connectivity index is 0.000000573. The van der Waals surface area contributed by atoms with Crippen molar-refractivity contribution in [1.82, 2.24) is 0 Å². The maximum absolute atomic E-state index is 12.1. The molecule has 0 heterocycles. The van der Waals surface area contributed by atoms with Gasteiger partial charge >= 0.3 is 50.9 Å². The number of halogens is 12. The van der Waals surface area contributed by atoms with Crippen LogP contribution in [0.2, 0.25) is 0 Å². The predicted molar refractivity (Wildman–Crippen MR) is 120 cm³/mol. The Morgan fingerprint density at radius 2 is 0.585 bits per heavy atom. The number of aromatic hydroxyl groups is 2. The quantitative estimate of drug-likeness (QED) is 0.143. The van der Waals surface area contributed by atoms with Gasteiger partial charge in [0.25, 0.3) is 0 Å². The molecule has 0 saturated carbocycles. The number of hydrogen-bond acceptors (Lipinski definition) is 2. The summed E-state index contributed by atoms with van der Waals surface area (Å²) in [6, 6.07) is 20.8. The monoisotopic (exact) mass is 680 g/mol. The van der Waals surface area contributed by atoms with Crippen LogP contribution in [0.4, 0.5) is 52.7 Å². The van der Waals surface area contributed by atoms with E-state index in [1.165, 1.54) is 0 Å². The van der Waals surface area contributed by atoms with E-state index >= 15 is 0 Å². The molecule has 0 aliphatic heterocycles. The van der Waals surface area contributed by atoms with Crippen molar-refractivity contribution in [3.63, 3.8) is 0 Å². The Bertz CT molecular complexity index is 1060. The molecule has 0 amide bonds. The number of phenols is 2. The van der Waals surface area contributed by atoms with Crippen LogP contribution >= 0.6 is 0 Å². The molecule has 4 aromatic carbocycles. The summed E-state index contributed by atoms with van der Waals surface area (Å²) in [6.07, 6.45) is -19.7. The second-order valence-electron chi connectivity index (χ2n) is 7.45. The second kappa shape index (κ2) is 15.7. The van der Waals surface area contributed by atoms with E-state index in [0.29, 0.717) is 0 Å². The third kappa shape index (κ3) is 14.8. The van der Waals surface area contributed by atoms with E-state index in [0.717, 1.165) is 0 Å². The van der Waals surface area contributed by atoms with Crippen molar-refractivity contribution >= 4 is 0 Å². The molecule has 15 heteroatoms. The summed E-state index contributed by atoms with van der Waals surface area (Å²) in [5, 5.41) is 17.4. The van der Waals surface area contributed by atoms with Gasteiger partial charge in [-0.2, -0.15) is 89.1 Å². The van der Waals surface area contributed by atoms with E-state index in [1.807, 2.05) is 60.7 Å². The summed E-state index contributed by atoms with van der Waals surface area (Å²) in [6.45, 7) is 0. The van der Waals surface area contributed by atoms with Crippen LogP contribution in [0.25, 0.3) is 0 Å².